The molecule has 2 fully saturated rings. The first kappa shape index (κ1) is 15.0. The highest BCUT2D eigenvalue weighted by Crippen LogP contribution is 2.30. The third kappa shape index (κ3) is 3.14. The number of ether oxygens (including phenoxy) is 1. The fourth-order valence-corrected chi connectivity index (χ4v) is 3.44. The Hall–Kier alpha value is -1.88. The number of nitrogens with zero attached hydrogens (tertiary/aromatic N) is 1. The Balaban J connectivity index is 1.56. The second-order valence-electron chi connectivity index (χ2n) is 6.00. The normalized spacial score (nSPS) is 24.1. The molecule has 0 radical (unpaired) electrons. The van der Waals surface area contributed by atoms with E-state index in [0.717, 1.165) is 24.8 Å². The molecule has 2 aliphatic rings. The molecule has 1 aromatic rings. The maximum absolute atomic E-state index is 12.5. The van der Waals surface area contributed by atoms with Crippen LogP contribution in [-0.2, 0) is 16.0 Å². The Kier molecular flexibility index (Phi) is 4.43. The molecule has 2 atom stereocenters. The van der Waals surface area contributed by atoms with Crippen molar-refractivity contribution in [2.75, 3.05) is 13.2 Å². The number of carboxylic acids is 1. The molecule has 1 aliphatic heterocycles. The van der Waals surface area contributed by atoms with E-state index in [1.165, 1.54) is 0 Å². The summed E-state index contributed by atoms with van der Waals surface area (Å²) >= 11 is 0. The number of aromatic carboxylic acids is 1. The topological polar surface area (TPSA) is 66.8 Å². The van der Waals surface area contributed by atoms with Crippen molar-refractivity contribution in [2.24, 2.45) is 0 Å². The number of carboxylic acid groups (broad SMARTS) is 1. The summed E-state index contributed by atoms with van der Waals surface area (Å²) in [6.07, 6.45) is 4.58. The van der Waals surface area contributed by atoms with Crippen LogP contribution in [0.1, 0.15) is 41.6 Å². The lowest BCUT2D eigenvalue weighted by Crippen LogP contribution is -2.51. The van der Waals surface area contributed by atoms with Crippen LogP contribution < -0.4 is 0 Å². The van der Waals surface area contributed by atoms with Gasteiger partial charge in [-0.2, -0.15) is 0 Å². The van der Waals surface area contributed by atoms with E-state index in [4.69, 9.17) is 9.84 Å². The predicted octanol–water partition coefficient (Wildman–Crippen LogP) is 2.10. The van der Waals surface area contributed by atoms with Crippen molar-refractivity contribution >= 4 is 11.9 Å². The first-order valence-corrected chi connectivity index (χ1v) is 7.88. The molecular formula is C17H21NO4. The molecule has 1 saturated heterocycles. The summed E-state index contributed by atoms with van der Waals surface area (Å²) in [6.45, 7) is 1.33. The number of amides is 1. The fourth-order valence-electron chi connectivity index (χ4n) is 3.44. The number of morpholine rings is 1. The van der Waals surface area contributed by atoms with E-state index < -0.39 is 5.97 Å². The summed E-state index contributed by atoms with van der Waals surface area (Å²) in [7, 11) is 0. The Morgan fingerprint density at radius 1 is 1.23 bits per heavy atom. The van der Waals surface area contributed by atoms with Gasteiger partial charge in [-0.15, -0.1) is 0 Å². The van der Waals surface area contributed by atoms with Crippen molar-refractivity contribution in [3.05, 3.63) is 35.4 Å². The summed E-state index contributed by atoms with van der Waals surface area (Å²) in [5.74, 6) is -0.745. The number of carbonyl (C=O) groups excluding carboxylic acids is 1. The molecule has 5 heteroatoms. The van der Waals surface area contributed by atoms with E-state index in [2.05, 4.69) is 0 Å². The van der Waals surface area contributed by atoms with Gasteiger partial charge in [0.25, 0.3) is 0 Å². The van der Waals surface area contributed by atoms with Crippen molar-refractivity contribution < 1.29 is 19.4 Å². The van der Waals surface area contributed by atoms with Crippen LogP contribution in [0.25, 0.3) is 0 Å². The van der Waals surface area contributed by atoms with Crippen molar-refractivity contribution in [2.45, 2.75) is 44.2 Å². The SMILES string of the molecule is O=C(O)c1ccc(CCC(=O)N2CCOC3CCCC32)cc1. The van der Waals surface area contributed by atoms with Gasteiger partial charge < -0.3 is 14.7 Å². The van der Waals surface area contributed by atoms with Crippen molar-refractivity contribution in [1.29, 1.82) is 0 Å². The zero-order valence-electron chi connectivity index (χ0n) is 12.5. The zero-order chi connectivity index (χ0) is 15.5. The third-order valence-corrected chi connectivity index (χ3v) is 4.63. The van der Waals surface area contributed by atoms with Gasteiger partial charge in [0.15, 0.2) is 0 Å². The molecule has 22 heavy (non-hydrogen) atoms. The maximum Gasteiger partial charge on any atom is 0.335 e. The van der Waals surface area contributed by atoms with Crippen LogP contribution in [0.2, 0.25) is 0 Å². The Labute approximate surface area is 129 Å². The monoisotopic (exact) mass is 303 g/mol. The molecule has 1 aromatic carbocycles. The van der Waals surface area contributed by atoms with Crippen molar-refractivity contribution in [3.8, 4) is 0 Å². The summed E-state index contributed by atoms with van der Waals surface area (Å²) < 4.78 is 5.73. The molecule has 2 unspecified atom stereocenters. The Bertz CT molecular complexity index is 554. The van der Waals surface area contributed by atoms with E-state index in [0.29, 0.717) is 26.0 Å². The second kappa shape index (κ2) is 6.48. The minimum absolute atomic E-state index is 0.183. The summed E-state index contributed by atoms with van der Waals surface area (Å²) in [6, 6.07) is 7.01. The van der Waals surface area contributed by atoms with Gasteiger partial charge in [-0.25, -0.2) is 4.79 Å². The molecule has 3 rings (SSSR count). The first-order chi connectivity index (χ1) is 10.6. The molecule has 1 saturated carbocycles. The average molecular weight is 303 g/mol. The fraction of sp³-hybridized carbons (Fsp3) is 0.529. The van der Waals surface area contributed by atoms with Gasteiger partial charge in [0.05, 0.1) is 24.3 Å². The molecule has 0 bridgehead atoms. The number of aryl methyl sites for hydroxylation is 1. The van der Waals surface area contributed by atoms with Gasteiger partial charge in [0.1, 0.15) is 0 Å². The van der Waals surface area contributed by atoms with Gasteiger partial charge >= 0.3 is 5.97 Å². The van der Waals surface area contributed by atoms with Crippen molar-refractivity contribution in [1.82, 2.24) is 4.90 Å². The van der Waals surface area contributed by atoms with Gasteiger partial charge in [0, 0.05) is 13.0 Å². The molecule has 0 aromatic heterocycles. The van der Waals surface area contributed by atoms with Crippen LogP contribution in [0.5, 0.6) is 0 Å². The summed E-state index contributed by atoms with van der Waals surface area (Å²) in [4.78, 5) is 25.3. The molecule has 1 aliphatic carbocycles. The highest BCUT2D eigenvalue weighted by Gasteiger charge is 2.37. The van der Waals surface area contributed by atoms with E-state index in [9.17, 15) is 9.59 Å². The summed E-state index contributed by atoms with van der Waals surface area (Å²) in [5.41, 5.74) is 1.27. The number of benzene rings is 1. The second-order valence-corrected chi connectivity index (χ2v) is 6.00. The van der Waals surface area contributed by atoms with Crippen molar-refractivity contribution in [3.63, 3.8) is 0 Å². The minimum Gasteiger partial charge on any atom is -0.478 e. The van der Waals surface area contributed by atoms with Crippen LogP contribution in [0.15, 0.2) is 24.3 Å². The van der Waals surface area contributed by atoms with E-state index >= 15 is 0 Å². The molecule has 1 N–H and O–H groups in total. The van der Waals surface area contributed by atoms with Gasteiger partial charge in [-0.3, -0.25) is 4.79 Å². The standard InChI is InChI=1S/C17H21NO4/c19-16(18-10-11-22-15-3-1-2-14(15)18)9-6-12-4-7-13(8-5-12)17(20)21/h4-5,7-8,14-15H,1-3,6,9-11H2,(H,20,21). The predicted molar refractivity (Wildman–Crippen MR) is 80.8 cm³/mol. The van der Waals surface area contributed by atoms with Crippen LogP contribution in [0, 0.1) is 0 Å². The van der Waals surface area contributed by atoms with Crippen LogP contribution in [0.3, 0.4) is 0 Å². The number of rotatable bonds is 4. The van der Waals surface area contributed by atoms with E-state index in [-0.39, 0.29) is 23.6 Å². The minimum atomic E-state index is -0.928. The van der Waals surface area contributed by atoms with Crippen LogP contribution >= 0.6 is 0 Å². The first-order valence-electron chi connectivity index (χ1n) is 7.88. The third-order valence-electron chi connectivity index (χ3n) is 4.63. The summed E-state index contributed by atoms with van der Waals surface area (Å²) in [5, 5.41) is 8.88. The van der Waals surface area contributed by atoms with Gasteiger partial charge in [0.2, 0.25) is 5.91 Å². The molecule has 0 spiro atoms. The molecule has 5 nitrogen and oxygen atoms in total. The lowest BCUT2D eigenvalue weighted by atomic mass is 10.1. The van der Waals surface area contributed by atoms with Gasteiger partial charge in [-0.05, 0) is 43.4 Å². The number of fused-ring (bicyclic) bond motifs is 1. The van der Waals surface area contributed by atoms with Crippen LogP contribution in [-0.4, -0.2) is 47.2 Å². The average Bonchev–Trinajstić information content (AvgIpc) is 3.01. The lowest BCUT2D eigenvalue weighted by molar-refractivity contribution is -0.143. The maximum atomic E-state index is 12.5. The number of hydrogen-bond acceptors (Lipinski definition) is 3. The highest BCUT2D eigenvalue weighted by molar-refractivity contribution is 5.87. The van der Waals surface area contributed by atoms with E-state index in [1.54, 1.807) is 24.3 Å². The molecular weight excluding hydrogens is 282 g/mol. The molecule has 118 valence electrons. The van der Waals surface area contributed by atoms with Crippen LogP contribution in [0.4, 0.5) is 0 Å². The smallest absolute Gasteiger partial charge is 0.335 e. The number of hydrogen-bond donors (Lipinski definition) is 1. The number of carbonyl (C=O) groups is 2. The molecule has 1 amide bonds. The highest BCUT2D eigenvalue weighted by atomic mass is 16.5. The lowest BCUT2D eigenvalue weighted by Gasteiger charge is -2.37. The zero-order valence-corrected chi connectivity index (χ0v) is 12.5. The Morgan fingerprint density at radius 3 is 2.73 bits per heavy atom. The Morgan fingerprint density at radius 2 is 2.00 bits per heavy atom. The largest absolute Gasteiger partial charge is 0.478 e. The quantitative estimate of drug-likeness (QED) is 0.925. The van der Waals surface area contributed by atoms with E-state index in [1.807, 2.05) is 4.90 Å². The van der Waals surface area contributed by atoms with Gasteiger partial charge in [-0.1, -0.05) is 12.1 Å². The molecule has 1 heterocycles.